The highest BCUT2D eigenvalue weighted by atomic mass is 32.1. The van der Waals surface area contributed by atoms with Crippen LogP contribution in [0.1, 0.15) is 57.8 Å². The standard InChI is InChI=1S/C14H22N4OS/c1-6-14(5,12-15-7-8-20-12)16-9-10-17-18-11(19-10)13(2,3)4/h7-8,16H,6,9H2,1-5H3. The molecule has 0 aliphatic heterocycles. The molecule has 2 aromatic rings. The predicted octanol–water partition coefficient (Wildman–Crippen LogP) is 3.24. The number of rotatable bonds is 5. The maximum absolute atomic E-state index is 5.70. The van der Waals surface area contributed by atoms with Crippen LogP contribution < -0.4 is 5.32 Å². The summed E-state index contributed by atoms with van der Waals surface area (Å²) in [5.41, 5.74) is -0.279. The van der Waals surface area contributed by atoms with Crippen LogP contribution in [0.4, 0.5) is 0 Å². The number of hydrogen-bond acceptors (Lipinski definition) is 6. The van der Waals surface area contributed by atoms with Crippen LogP contribution in [0.3, 0.4) is 0 Å². The smallest absolute Gasteiger partial charge is 0.230 e. The van der Waals surface area contributed by atoms with Gasteiger partial charge in [-0.15, -0.1) is 21.5 Å². The molecule has 110 valence electrons. The Hall–Kier alpha value is -1.27. The van der Waals surface area contributed by atoms with E-state index >= 15 is 0 Å². The Morgan fingerprint density at radius 3 is 2.50 bits per heavy atom. The predicted molar refractivity (Wildman–Crippen MR) is 79.6 cm³/mol. The normalized spacial score (nSPS) is 15.2. The second-order valence-electron chi connectivity index (χ2n) is 6.13. The summed E-state index contributed by atoms with van der Waals surface area (Å²) in [5.74, 6) is 1.29. The van der Waals surface area contributed by atoms with Crippen LogP contribution in [0.2, 0.25) is 0 Å². The van der Waals surface area contributed by atoms with E-state index in [0.29, 0.717) is 18.3 Å². The van der Waals surface area contributed by atoms with E-state index in [2.05, 4.69) is 55.1 Å². The molecule has 0 amide bonds. The molecule has 0 saturated heterocycles. The molecule has 0 aromatic carbocycles. The van der Waals surface area contributed by atoms with Gasteiger partial charge in [0.25, 0.3) is 0 Å². The molecule has 0 spiro atoms. The van der Waals surface area contributed by atoms with Crippen molar-refractivity contribution in [3.8, 4) is 0 Å². The van der Waals surface area contributed by atoms with Gasteiger partial charge in [-0.2, -0.15) is 0 Å². The van der Waals surface area contributed by atoms with Gasteiger partial charge in [0.1, 0.15) is 5.01 Å². The van der Waals surface area contributed by atoms with Crippen molar-refractivity contribution in [1.29, 1.82) is 0 Å². The first kappa shape index (κ1) is 15.1. The van der Waals surface area contributed by atoms with Gasteiger partial charge in [-0.25, -0.2) is 4.98 Å². The third-order valence-corrected chi connectivity index (χ3v) is 4.39. The highest BCUT2D eigenvalue weighted by Crippen LogP contribution is 2.27. The third kappa shape index (κ3) is 3.24. The van der Waals surface area contributed by atoms with Crippen LogP contribution in [-0.4, -0.2) is 15.2 Å². The highest BCUT2D eigenvalue weighted by molar-refractivity contribution is 7.09. The first-order valence-corrected chi connectivity index (χ1v) is 7.71. The van der Waals surface area contributed by atoms with Crippen LogP contribution in [0.15, 0.2) is 16.0 Å². The lowest BCUT2D eigenvalue weighted by molar-refractivity contribution is 0.311. The summed E-state index contributed by atoms with van der Waals surface area (Å²) in [7, 11) is 0. The lowest BCUT2D eigenvalue weighted by Crippen LogP contribution is -2.38. The summed E-state index contributed by atoms with van der Waals surface area (Å²) < 4.78 is 5.70. The van der Waals surface area contributed by atoms with E-state index in [9.17, 15) is 0 Å². The molecule has 0 radical (unpaired) electrons. The van der Waals surface area contributed by atoms with Crippen molar-refractivity contribution in [3.05, 3.63) is 28.4 Å². The van der Waals surface area contributed by atoms with Crippen molar-refractivity contribution < 1.29 is 4.42 Å². The molecule has 0 saturated carbocycles. The van der Waals surface area contributed by atoms with Crippen LogP contribution in [0.5, 0.6) is 0 Å². The maximum atomic E-state index is 5.70. The van der Waals surface area contributed by atoms with E-state index < -0.39 is 0 Å². The molecular weight excluding hydrogens is 272 g/mol. The molecule has 20 heavy (non-hydrogen) atoms. The lowest BCUT2D eigenvalue weighted by atomic mass is 9.97. The molecule has 0 aliphatic carbocycles. The topological polar surface area (TPSA) is 63.8 Å². The number of nitrogens with one attached hydrogen (secondary N) is 1. The van der Waals surface area contributed by atoms with E-state index in [4.69, 9.17) is 4.42 Å². The molecule has 0 bridgehead atoms. The molecule has 0 fully saturated rings. The van der Waals surface area contributed by atoms with Gasteiger partial charge in [-0.1, -0.05) is 27.7 Å². The molecule has 2 heterocycles. The molecule has 2 rings (SSSR count). The summed E-state index contributed by atoms with van der Waals surface area (Å²) in [6, 6.07) is 0. The maximum Gasteiger partial charge on any atom is 0.230 e. The molecule has 1 N–H and O–H groups in total. The minimum absolute atomic E-state index is 0.116. The Morgan fingerprint density at radius 1 is 1.25 bits per heavy atom. The Labute approximate surface area is 123 Å². The lowest BCUT2D eigenvalue weighted by Gasteiger charge is -2.26. The number of hydrogen-bond donors (Lipinski definition) is 1. The van der Waals surface area contributed by atoms with Crippen molar-refractivity contribution in [3.63, 3.8) is 0 Å². The Kier molecular flexibility index (Phi) is 4.25. The van der Waals surface area contributed by atoms with Gasteiger partial charge in [0.05, 0.1) is 12.1 Å². The van der Waals surface area contributed by atoms with Crippen molar-refractivity contribution in [2.75, 3.05) is 0 Å². The Morgan fingerprint density at radius 2 is 2.00 bits per heavy atom. The van der Waals surface area contributed by atoms with Crippen molar-refractivity contribution in [2.24, 2.45) is 0 Å². The zero-order valence-electron chi connectivity index (χ0n) is 12.7. The van der Waals surface area contributed by atoms with Gasteiger partial charge >= 0.3 is 0 Å². The summed E-state index contributed by atoms with van der Waals surface area (Å²) >= 11 is 1.66. The van der Waals surface area contributed by atoms with Crippen LogP contribution in [0.25, 0.3) is 0 Å². The van der Waals surface area contributed by atoms with Gasteiger partial charge in [0, 0.05) is 17.0 Å². The fraction of sp³-hybridized carbons (Fsp3) is 0.643. The molecule has 0 aliphatic rings. The second-order valence-corrected chi connectivity index (χ2v) is 7.02. The first-order valence-electron chi connectivity index (χ1n) is 6.83. The SMILES string of the molecule is CCC(C)(NCc1nnc(C(C)(C)C)o1)c1nccs1. The van der Waals surface area contributed by atoms with E-state index in [1.165, 1.54) is 0 Å². The Balaban J connectivity index is 2.06. The van der Waals surface area contributed by atoms with E-state index in [1.54, 1.807) is 11.3 Å². The summed E-state index contributed by atoms with van der Waals surface area (Å²) in [6.45, 7) is 11.0. The number of aromatic nitrogens is 3. The minimum atomic E-state index is -0.162. The average molecular weight is 294 g/mol. The van der Waals surface area contributed by atoms with E-state index in [-0.39, 0.29) is 11.0 Å². The second kappa shape index (κ2) is 5.61. The van der Waals surface area contributed by atoms with Gasteiger partial charge < -0.3 is 4.42 Å². The van der Waals surface area contributed by atoms with Crippen LogP contribution in [-0.2, 0) is 17.5 Å². The quantitative estimate of drug-likeness (QED) is 0.917. The van der Waals surface area contributed by atoms with Crippen molar-refractivity contribution in [1.82, 2.24) is 20.5 Å². The van der Waals surface area contributed by atoms with Gasteiger partial charge in [-0.3, -0.25) is 5.32 Å². The van der Waals surface area contributed by atoms with E-state index in [0.717, 1.165) is 11.4 Å². The number of nitrogens with zero attached hydrogens (tertiary/aromatic N) is 3. The zero-order chi connectivity index (χ0) is 14.8. The molecule has 5 nitrogen and oxygen atoms in total. The summed E-state index contributed by atoms with van der Waals surface area (Å²) in [6.07, 6.45) is 2.78. The molecule has 6 heteroatoms. The van der Waals surface area contributed by atoms with Crippen LogP contribution >= 0.6 is 11.3 Å². The monoisotopic (exact) mass is 294 g/mol. The largest absolute Gasteiger partial charge is 0.423 e. The molecule has 1 unspecified atom stereocenters. The summed E-state index contributed by atoms with van der Waals surface area (Å²) in [4.78, 5) is 4.41. The molecular formula is C14H22N4OS. The third-order valence-electron chi connectivity index (χ3n) is 3.35. The number of thiazole rings is 1. The van der Waals surface area contributed by atoms with Crippen molar-refractivity contribution in [2.45, 2.75) is 58.5 Å². The minimum Gasteiger partial charge on any atom is -0.423 e. The first-order chi connectivity index (χ1) is 9.35. The van der Waals surface area contributed by atoms with Gasteiger partial charge in [0.2, 0.25) is 11.8 Å². The molecule has 2 aromatic heterocycles. The zero-order valence-corrected chi connectivity index (χ0v) is 13.5. The van der Waals surface area contributed by atoms with Crippen LogP contribution in [0, 0.1) is 0 Å². The van der Waals surface area contributed by atoms with Gasteiger partial charge in [0.15, 0.2) is 0 Å². The van der Waals surface area contributed by atoms with Gasteiger partial charge in [-0.05, 0) is 13.3 Å². The highest BCUT2D eigenvalue weighted by Gasteiger charge is 2.28. The van der Waals surface area contributed by atoms with Crippen molar-refractivity contribution >= 4 is 11.3 Å². The molecule has 1 atom stereocenters. The van der Waals surface area contributed by atoms with E-state index in [1.807, 2.05) is 11.6 Å². The Bertz CT molecular complexity index is 544. The summed E-state index contributed by atoms with van der Waals surface area (Å²) in [5, 5.41) is 14.8. The average Bonchev–Trinajstić information content (AvgIpc) is 3.06. The fourth-order valence-electron chi connectivity index (χ4n) is 1.75. The fourth-order valence-corrected chi connectivity index (χ4v) is 2.60.